The van der Waals surface area contributed by atoms with E-state index in [4.69, 9.17) is 4.74 Å². The fourth-order valence-corrected chi connectivity index (χ4v) is 4.99. The van der Waals surface area contributed by atoms with Crippen molar-refractivity contribution in [3.05, 3.63) is 39.9 Å². The van der Waals surface area contributed by atoms with Crippen LogP contribution in [-0.2, 0) is 15.5 Å². The highest BCUT2D eigenvalue weighted by Crippen LogP contribution is 2.36. The van der Waals surface area contributed by atoms with Crippen molar-refractivity contribution in [3.63, 3.8) is 0 Å². The summed E-state index contributed by atoms with van der Waals surface area (Å²) in [5.41, 5.74) is 0.861. The van der Waals surface area contributed by atoms with Gasteiger partial charge in [0.1, 0.15) is 0 Å². The zero-order valence-electron chi connectivity index (χ0n) is 17.8. The molecule has 0 bridgehead atoms. The number of rotatable bonds is 7. The average molecular weight is 441 g/mol. The van der Waals surface area contributed by atoms with E-state index in [9.17, 15) is 14.7 Å². The number of hydrogen-bond donors (Lipinski definition) is 3. The summed E-state index contributed by atoms with van der Waals surface area (Å²) in [5, 5.41) is 21.2. The Morgan fingerprint density at radius 3 is 2.30 bits per heavy atom. The molecule has 1 aliphatic heterocycles. The lowest BCUT2D eigenvalue weighted by Gasteiger charge is -2.25. The normalized spacial score (nSPS) is 19.6. The molecule has 2 atom stereocenters. The quantitative estimate of drug-likeness (QED) is 0.336. The van der Waals surface area contributed by atoms with E-state index in [-0.39, 0.29) is 5.69 Å². The Morgan fingerprint density at radius 1 is 1.03 bits per heavy atom. The fraction of sp³-hybridized carbons (Fsp3) is 0.700. The summed E-state index contributed by atoms with van der Waals surface area (Å²) in [6.07, 6.45) is 2.36. The van der Waals surface area contributed by atoms with E-state index in [1.54, 1.807) is 12.1 Å². The van der Waals surface area contributed by atoms with Crippen molar-refractivity contribution in [2.24, 2.45) is 0 Å². The molecule has 9 nitrogen and oxygen atoms in total. The Morgan fingerprint density at radius 2 is 1.67 bits per heavy atom. The molecular formula is C20H35N5O4P+. The summed E-state index contributed by atoms with van der Waals surface area (Å²) in [5.74, 6) is -0.462. The van der Waals surface area contributed by atoms with E-state index in [2.05, 4.69) is 20.9 Å². The third kappa shape index (κ3) is 9.12. The van der Waals surface area contributed by atoms with Crippen molar-refractivity contribution in [1.82, 2.24) is 20.9 Å². The first-order valence-corrected chi connectivity index (χ1v) is 12.3. The topological polar surface area (TPSA) is 109 Å². The van der Waals surface area contributed by atoms with Crippen LogP contribution in [0.3, 0.4) is 0 Å². The van der Waals surface area contributed by atoms with Gasteiger partial charge in [0, 0.05) is 50.4 Å². The van der Waals surface area contributed by atoms with Crippen LogP contribution in [0.2, 0.25) is 0 Å². The number of benzene rings is 1. The molecule has 0 aromatic heterocycles. The standard InChI is InChI=1S/C20H35N5O4P/c1-2-29-20(30(28)17-18-5-7-19(8-6-18)25(26)27)24-15-4-11-22-13-12-21-9-3-10-23-14-16-24/h5-8,20-23H,2-4,9-17H2,1H3/q+1. The Balaban J connectivity index is 2.00. The monoisotopic (exact) mass is 440 g/mol. The minimum atomic E-state index is -1.71. The van der Waals surface area contributed by atoms with E-state index in [1.807, 2.05) is 6.92 Å². The molecule has 1 saturated heterocycles. The van der Waals surface area contributed by atoms with Gasteiger partial charge in [-0.15, -0.1) is 0 Å². The Labute approximate surface area is 179 Å². The van der Waals surface area contributed by atoms with Crippen molar-refractivity contribution in [2.45, 2.75) is 31.9 Å². The third-order valence-corrected chi connectivity index (χ3v) is 6.57. The van der Waals surface area contributed by atoms with Gasteiger partial charge in [0.15, 0.2) is 6.16 Å². The molecule has 1 aliphatic rings. The van der Waals surface area contributed by atoms with Crippen LogP contribution in [0, 0.1) is 10.1 Å². The molecule has 2 rings (SSSR count). The molecule has 0 saturated carbocycles. The maximum Gasteiger partial charge on any atom is 0.392 e. The van der Waals surface area contributed by atoms with Crippen LogP contribution in [0.15, 0.2) is 24.3 Å². The zero-order valence-corrected chi connectivity index (χ0v) is 18.7. The minimum absolute atomic E-state index is 0.0406. The highest BCUT2D eigenvalue weighted by atomic mass is 31.1. The lowest BCUT2D eigenvalue weighted by atomic mass is 10.2. The number of non-ortho nitro benzene ring substituents is 1. The Bertz CT molecular complexity index is 633. The summed E-state index contributed by atoms with van der Waals surface area (Å²) in [4.78, 5) is 12.6. The first-order valence-electron chi connectivity index (χ1n) is 10.8. The second-order valence-electron chi connectivity index (χ2n) is 7.27. The van der Waals surface area contributed by atoms with Gasteiger partial charge in [-0.1, -0.05) is 4.57 Å². The first-order chi connectivity index (χ1) is 14.6. The maximum atomic E-state index is 13.2. The van der Waals surface area contributed by atoms with Gasteiger partial charge in [-0.05, 0) is 51.5 Å². The second kappa shape index (κ2) is 14.5. The molecule has 168 valence electrons. The molecule has 0 aliphatic carbocycles. The number of hydrogen-bond acceptors (Lipinski definition) is 8. The predicted molar refractivity (Wildman–Crippen MR) is 119 cm³/mol. The highest BCUT2D eigenvalue weighted by molar-refractivity contribution is 7.44. The number of nitro benzene ring substituents is 1. The number of nitro groups is 1. The molecule has 0 spiro atoms. The average Bonchev–Trinajstić information content (AvgIpc) is 2.74. The number of nitrogens with zero attached hydrogens (tertiary/aromatic N) is 2. The van der Waals surface area contributed by atoms with Crippen molar-refractivity contribution in [3.8, 4) is 0 Å². The first kappa shape index (κ1) is 24.8. The SMILES string of the molecule is CCOC(N1CCCNCCNCCCNCC1)[P+](=O)Cc1ccc([N+](=O)[O-])cc1. The van der Waals surface area contributed by atoms with Crippen molar-refractivity contribution in [2.75, 3.05) is 59.0 Å². The lowest BCUT2D eigenvalue weighted by molar-refractivity contribution is -0.384. The molecule has 0 amide bonds. The third-order valence-electron chi connectivity index (χ3n) is 4.92. The van der Waals surface area contributed by atoms with Gasteiger partial charge in [-0.25, -0.2) is 4.90 Å². The molecule has 1 aromatic carbocycles. The minimum Gasteiger partial charge on any atom is -0.323 e. The van der Waals surface area contributed by atoms with Crippen LogP contribution >= 0.6 is 7.80 Å². The molecule has 3 N–H and O–H groups in total. The lowest BCUT2D eigenvalue weighted by Crippen LogP contribution is -2.42. The van der Waals surface area contributed by atoms with E-state index in [0.717, 1.165) is 70.8 Å². The van der Waals surface area contributed by atoms with Gasteiger partial charge in [-0.3, -0.25) is 10.1 Å². The molecule has 30 heavy (non-hydrogen) atoms. The van der Waals surface area contributed by atoms with Crippen LogP contribution in [0.1, 0.15) is 25.3 Å². The van der Waals surface area contributed by atoms with E-state index < -0.39 is 18.7 Å². The van der Waals surface area contributed by atoms with E-state index >= 15 is 0 Å². The molecule has 0 radical (unpaired) electrons. The van der Waals surface area contributed by atoms with Gasteiger partial charge in [0.2, 0.25) is 0 Å². The number of nitrogens with one attached hydrogen (secondary N) is 3. The second-order valence-corrected chi connectivity index (χ2v) is 8.87. The summed E-state index contributed by atoms with van der Waals surface area (Å²) in [7, 11) is -1.71. The molecule has 1 aromatic rings. The molecule has 1 fully saturated rings. The van der Waals surface area contributed by atoms with Crippen LogP contribution in [0.25, 0.3) is 0 Å². The van der Waals surface area contributed by atoms with Crippen LogP contribution in [0.4, 0.5) is 5.69 Å². The molecular weight excluding hydrogens is 405 g/mol. The summed E-state index contributed by atoms with van der Waals surface area (Å²) in [6.45, 7) is 9.54. The summed E-state index contributed by atoms with van der Waals surface area (Å²) in [6, 6.07) is 6.27. The molecule has 1 heterocycles. The number of ether oxygens (including phenoxy) is 1. The predicted octanol–water partition coefficient (Wildman–Crippen LogP) is 2.11. The molecule has 10 heteroatoms. The van der Waals surface area contributed by atoms with E-state index in [1.165, 1.54) is 12.1 Å². The van der Waals surface area contributed by atoms with Crippen molar-refractivity contribution in [1.29, 1.82) is 0 Å². The smallest absolute Gasteiger partial charge is 0.323 e. The Kier molecular flexibility index (Phi) is 12.0. The van der Waals surface area contributed by atoms with Crippen LogP contribution < -0.4 is 16.0 Å². The van der Waals surface area contributed by atoms with Gasteiger partial charge in [0.05, 0.1) is 11.5 Å². The van der Waals surface area contributed by atoms with Gasteiger partial charge in [0.25, 0.3) is 5.69 Å². The maximum absolute atomic E-state index is 13.2. The van der Waals surface area contributed by atoms with Crippen molar-refractivity contribution < 1.29 is 14.2 Å². The fourth-order valence-electron chi connectivity index (χ4n) is 3.35. The molecule has 2 unspecified atom stereocenters. The zero-order chi connectivity index (χ0) is 21.6. The van der Waals surface area contributed by atoms with Gasteiger partial charge >= 0.3 is 13.8 Å². The highest BCUT2D eigenvalue weighted by Gasteiger charge is 2.36. The van der Waals surface area contributed by atoms with E-state index in [0.29, 0.717) is 12.8 Å². The Hall–Kier alpha value is -1.48. The summed E-state index contributed by atoms with van der Waals surface area (Å²) >= 11 is 0. The van der Waals surface area contributed by atoms with Crippen molar-refractivity contribution >= 4 is 13.5 Å². The largest absolute Gasteiger partial charge is 0.392 e. The van der Waals surface area contributed by atoms with Gasteiger partial charge in [-0.2, -0.15) is 0 Å². The summed E-state index contributed by atoms with van der Waals surface area (Å²) < 4.78 is 19.1. The van der Waals surface area contributed by atoms with Gasteiger partial charge < -0.3 is 20.7 Å². The van der Waals surface area contributed by atoms with Crippen LogP contribution in [0.5, 0.6) is 0 Å². The van der Waals surface area contributed by atoms with Crippen LogP contribution in [-0.4, -0.2) is 74.8 Å².